The first-order valence-electron chi connectivity index (χ1n) is 9.01. The minimum absolute atomic E-state index is 0.454. The van der Waals surface area contributed by atoms with E-state index in [4.69, 9.17) is 12.2 Å². The molecule has 0 radical (unpaired) electrons. The fraction of sp³-hybridized carbons (Fsp3) is 0.280. The highest BCUT2D eigenvalue weighted by molar-refractivity contribution is 5.81. The first-order valence-corrected chi connectivity index (χ1v) is 9.01. The van der Waals surface area contributed by atoms with Crippen molar-refractivity contribution in [1.82, 2.24) is 0 Å². The zero-order valence-electron chi connectivity index (χ0n) is 17.0. The summed E-state index contributed by atoms with van der Waals surface area (Å²) < 4.78 is 0. The van der Waals surface area contributed by atoms with E-state index in [-0.39, 0.29) is 0 Å². The largest absolute Gasteiger partial charge is 0.331 e. The van der Waals surface area contributed by atoms with Gasteiger partial charge in [0, 0.05) is 5.56 Å². The lowest BCUT2D eigenvalue weighted by Crippen LogP contribution is -1.98. The van der Waals surface area contributed by atoms with Crippen molar-refractivity contribution in [3.8, 4) is 12.3 Å². The predicted octanol–water partition coefficient (Wildman–Crippen LogP) is 6.32. The zero-order chi connectivity index (χ0) is 20.1. The molecule has 1 rings (SSSR count). The van der Waals surface area contributed by atoms with Crippen LogP contribution >= 0.6 is 0 Å². The Morgan fingerprint density at radius 3 is 2.35 bits per heavy atom. The van der Waals surface area contributed by atoms with Crippen LogP contribution in [0.5, 0.6) is 0 Å². The quantitative estimate of drug-likeness (QED) is 0.473. The van der Waals surface area contributed by atoms with Gasteiger partial charge in [-0.05, 0) is 72.4 Å². The van der Waals surface area contributed by atoms with Crippen LogP contribution in [-0.2, 0) is 0 Å². The number of benzene rings is 1. The second kappa shape index (κ2) is 12.8. The van der Waals surface area contributed by atoms with Gasteiger partial charge < -0.3 is 5.73 Å². The van der Waals surface area contributed by atoms with E-state index >= 15 is 0 Å². The van der Waals surface area contributed by atoms with Crippen LogP contribution in [0.15, 0.2) is 67.3 Å². The number of terminal acetylenes is 1. The summed E-state index contributed by atoms with van der Waals surface area (Å²) in [6.07, 6.45) is 17.5. The molecule has 0 unspecified atom stereocenters. The number of nitrogens with two attached hydrogens (primary N) is 1. The van der Waals surface area contributed by atoms with Crippen molar-refractivity contribution in [2.75, 3.05) is 6.54 Å². The monoisotopic (exact) mass is 347 g/mol. The minimum atomic E-state index is 0.454. The number of rotatable bonds is 6. The van der Waals surface area contributed by atoms with Crippen LogP contribution in [0.4, 0.5) is 0 Å². The van der Waals surface area contributed by atoms with E-state index in [0.717, 1.165) is 28.8 Å². The molecule has 1 nitrogen and oxygen atoms in total. The maximum Gasteiger partial charge on any atom is 0.0323 e. The molecule has 0 atom stereocenters. The molecule has 138 valence electrons. The predicted molar refractivity (Wildman–Crippen MR) is 119 cm³/mol. The van der Waals surface area contributed by atoms with Crippen LogP contribution in [0.25, 0.3) is 5.57 Å². The third-order valence-electron chi connectivity index (χ3n) is 3.71. The minimum Gasteiger partial charge on any atom is -0.331 e. The van der Waals surface area contributed by atoms with Crippen LogP contribution in [0.3, 0.4) is 0 Å². The summed E-state index contributed by atoms with van der Waals surface area (Å²) in [6, 6.07) is 4.32. The second-order valence-electron chi connectivity index (χ2n) is 6.17. The lowest BCUT2D eigenvalue weighted by atomic mass is 9.89. The number of hydrogen-bond donors (Lipinski definition) is 1. The molecule has 0 saturated carbocycles. The lowest BCUT2D eigenvalue weighted by Gasteiger charge is -2.15. The normalized spacial score (nSPS) is 11.8. The Kier molecular flexibility index (Phi) is 11.5. The van der Waals surface area contributed by atoms with Crippen molar-refractivity contribution in [2.24, 2.45) is 5.73 Å². The van der Waals surface area contributed by atoms with Crippen molar-refractivity contribution in [1.29, 1.82) is 0 Å². The Labute approximate surface area is 160 Å². The highest BCUT2D eigenvalue weighted by atomic mass is 14.5. The van der Waals surface area contributed by atoms with Gasteiger partial charge in [-0.2, -0.15) is 0 Å². The number of allylic oxidation sites excluding steroid dienone is 8. The van der Waals surface area contributed by atoms with E-state index in [9.17, 15) is 0 Å². The van der Waals surface area contributed by atoms with Crippen LogP contribution in [-0.4, -0.2) is 6.54 Å². The third kappa shape index (κ3) is 7.13. The molecule has 2 N–H and O–H groups in total. The Bertz CT molecular complexity index is 734. The standard InChI is InChI=1S/C23H26.C2H7N/c1-8-12-19(10-3)15-21(13-9-2)23-16-22(17(5)6)18(7)14-20(23)11-4;1-2-3/h4,8-10,12-17H,1,3H2,2,5-7H3;2-3H2,1H3/b13-9-,19-12+,21-15+;. The fourth-order valence-electron chi connectivity index (χ4n) is 2.59. The lowest BCUT2D eigenvalue weighted by molar-refractivity contribution is 0.855. The van der Waals surface area contributed by atoms with E-state index in [1.165, 1.54) is 11.1 Å². The molecule has 0 bridgehead atoms. The van der Waals surface area contributed by atoms with Gasteiger partial charge in [-0.3, -0.25) is 0 Å². The summed E-state index contributed by atoms with van der Waals surface area (Å²) in [5.74, 6) is 3.28. The van der Waals surface area contributed by atoms with Crippen LogP contribution < -0.4 is 5.73 Å². The smallest absolute Gasteiger partial charge is 0.0323 e. The molecule has 0 aliphatic heterocycles. The zero-order valence-corrected chi connectivity index (χ0v) is 17.0. The average Bonchev–Trinajstić information content (AvgIpc) is 2.60. The highest BCUT2D eigenvalue weighted by Gasteiger charge is 2.11. The molecule has 26 heavy (non-hydrogen) atoms. The average molecular weight is 348 g/mol. The van der Waals surface area contributed by atoms with Crippen molar-refractivity contribution >= 4 is 5.57 Å². The fourth-order valence-corrected chi connectivity index (χ4v) is 2.59. The molecule has 0 spiro atoms. The molecule has 1 heteroatoms. The Morgan fingerprint density at radius 1 is 1.31 bits per heavy atom. The molecular formula is C25H33N. The van der Waals surface area contributed by atoms with Gasteiger partial charge in [0.05, 0.1) is 0 Å². The van der Waals surface area contributed by atoms with Crippen molar-refractivity contribution in [2.45, 2.75) is 40.5 Å². The van der Waals surface area contributed by atoms with Crippen molar-refractivity contribution < 1.29 is 0 Å². The first kappa shape index (κ1) is 23.4. The van der Waals surface area contributed by atoms with Gasteiger partial charge in [0.25, 0.3) is 0 Å². The first-order chi connectivity index (χ1) is 12.4. The summed E-state index contributed by atoms with van der Waals surface area (Å²) in [5, 5.41) is 0. The van der Waals surface area contributed by atoms with E-state index < -0.39 is 0 Å². The second-order valence-corrected chi connectivity index (χ2v) is 6.17. The van der Waals surface area contributed by atoms with E-state index in [1.807, 2.05) is 32.1 Å². The van der Waals surface area contributed by atoms with Crippen LogP contribution in [0, 0.1) is 19.3 Å². The molecule has 1 aromatic carbocycles. The van der Waals surface area contributed by atoms with Gasteiger partial charge in [-0.1, -0.05) is 70.2 Å². The van der Waals surface area contributed by atoms with Gasteiger partial charge in [0.1, 0.15) is 0 Å². The van der Waals surface area contributed by atoms with Gasteiger partial charge in [0.2, 0.25) is 0 Å². The Balaban J connectivity index is 0.00000194. The molecule has 0 aliphatic carbocycles. The summed E-state index contributed by atoms with van der Waals surface area (Å²) in [5.41, 5.74) is 11.5. The number of hydrogen-bond acceptors (Lipinski definition) is 1. The summed E-state index contributed by atoms with van der Waals surface area (Å²) in [6.45, 7) is 18.8. The SMILES string of the molecule is C#Cc1cc(C)c(C(C)C)cc1C(/C=C\C)=C/C(C=C)=C/C=C.CCN. The molecule has 0 amide bonds. The van der Waals surface area contributed by atoms with Gasteiger partial charge in [0.15, 0.2) is 0 Å². The summed E-state index contributed by atoms with van der Waals surface area (Å²) in [4.78, 5) is 0. The molecule has 0 heterocycles. The Hall–Kier alpha value is -2.56. The van der Waals surface area contributed by atoms with Crippen molar-refractivity contribution in [3.05, 3.63) is 89.6 Å². The molecule has 0 aromatic heterocycles. The van der Waals surface area contributed by atoms with E-state index in [2.05, 4.69) is 64.1 Å². The highest BCUT2D eigenvalue weighted by Crippen LogP contribution is 2.29. The third-order valence-corrected chi connectivity index (χ3v) is 3.71. The molecule has 0 aliphatic rings. The van der Waals surface area contributed by atoms with E-state index in [1.54, 1.807) is 6.08 Å². The summed E-state index contributed by atoms with van der Waals surface area (Å²) in [7, 11) is 0. The maximum absolute atomic E-state index is 5.75. The molecule has 1 aromatic rings. The molecule has 0 saturated heterocycles. The maximum atomic E-state index is 5.75. The van der Waals surface area contributed by atoms with Crippen molar-refractivity contribution in [3.63, 3.8) is 0 Å². The molecule has 0 fully saturated rings. The topological polar surface area (TPSA) is 26.0 Å². The summed E-state index contributed by atoms with van der Waals surface area (Å²) >= 11 is 0. The number of aryl methyl sites for hydroxylation is 1. The van der Waals surface area contributed by atoms with E-state index in [0.29, 0.717) is 5.92 Å². The molecular weight excluding hydrogens is 314 g/mol. The van der Waals surface area contributed by atoms with Crippen LogP contribution in [0.2, 0.25) is 0 Å². The van der Waals surface area contributed by atoms with Crippen LogP contribution in [0.1, 0.15) is 55.9 Å². The Morgan fingerprint density at radius 2 is 1.92 bits per heavy atom. The van der Waals surface area contributed by atoms with Gasteiger partial charge in [-0.25, -0.2) is 0 Å². The van der Waals surface area contributed by atoms with Gasteiger partial charge in [-0.15, -0.1) is 6.42 Å². The van der Waals surface area contributed by atoms with Gasteiger partial charge >= 0.3 is 0 Å².